The van der Waals surface area contributed by atoms with Crippen LogP contribution < -0.4 is 14.4 Å². The molecule has 6 nitrogen and oxygen atoms in total. The summed E-state index contributed by atoms with van der Waals surface area (Å²) in [4.78, 5) is 12.5. The van der Waals surface area contributed by atoms with Crippen molar-refractivity contribution in [1.29, 1.82) is 0 Å². The molecular weight excluding hydrogens is 364 g/mol. The molecule has 2 aromatic rings. The van der Waals surface area contributed by atoms with Crippen LogP contribution in [-0.2, 0) is 14.8 Å². The number of carbonyl (C=O) groups excluding carboxylic acids is 1. The summed E-state index contributed by atoms with van der Waals surface area (Å²) in [6, 6.07) is 15.8. The number of para-hydroxylation sites is 3. The number of amides is 1. The van der Waals surface area contributed by atoms with Crippen molar-refractivity contribution in [2.75, 3.05) is 17.1 Å². The van der Waals surface area contributed by atoms with Crippen molar-refractivity contribution in [2.45, 2.75) is 32.7 Å². The molecule has 0 aliphatic rings. The Morgan fingerprint density at radius 1 is 1.07 bits per heavy atom. The molecular formula is C20H26N2O4S. The third kappa shape index (κ3) is 5.99. The summed E-state index contributed by atoms with van der Waals surface area (Å²) in [6.45, 7) is 5.42. The van der Waals surface area contributed by atoms with Gasteiger partial charge in [-0.3, -0.25) is 9.10 Å². The van der Waals surface area contributed by atoms with Crippen molar-refractivity contribution >= 4 is 21.6 Å². The summed E-state index contributed by atoms with van der Waals surface area (Å²) in [7, 11) is -3.70. The van der Waals surface area contributed by atoms with Gasteiger partial charge in [0.1, 0.15) is 12.3 Å². The zero-order chi connectivity index (χ0) is 20.1. The number of sulfonamides is 1. The maximum atomic E-state index is 12.5. The number of hydrogen-bond acceptors (Lipinski definition) is 4. The average Bonchev–Trinajstić information content (AvgIpc) is 2.60. The lowest BCUT2D eigenvalue weighted by atomic mass is 10.0. The molecule has 0 radical (unpaired) electrons. The van der Waals surface area contributed by atoms with Gasteiger partial charge >= 0.3 is 0 Å². The first-order chi connectivity index (χ1) is 12.6. The molecule has 1 N–H and O–H groups in total. The first kappa shape index (κ1) is 20.8. The van der Waals surface area contributed by atoms with Crippen LogP contribution >= 0.6 is 0 Å². The predicted octanol–water partition coefficient (Wildman–Crippen LogP) is 3.55. The van der Waals surface area contributed by atoms with E-state index in [1.807, 2.05) is 39.0 Å². The summed E-state index contributed by atoms with van der Waals surface area (Å²) in [5.74, 6) is 0.563. The van der Waals surface area contributed by atoms with Crippen LogP contribution in [0.3, 0.4) is 0 Å². The lowest BCUT2D eigenvalue weighted by Crippen LogP contribution is -2.48. The summed E-state index contributed by atoms with van der Waals surface area (Å²) < 4.78 is 31.7. The van der Waals surface area contributed by atoms with Crippen molar-refractivity contribution in [3.05, 3.63) is 54.6 Å². The first-order valence-corrected chi connectivity index (χ1v) is 10.6. The number of carbonyl (C=O) groups is 1. The molecule has 0 fully saturated rings. The minimum absolute atomic E-state index is 0.313. The van der Waals surface area contributed by atoms with Gasteiger partial charge in [-0.05, 0) is 44.5 Å². The van der Waals surface area contributed by atoms with Gasteiger partial charge in [0.05, 0.1) is 11.9 Å². The van der Waals surface area contributed by atoms with Crippen molar-refractivity contribution in [3.8, 4) is 11.5 Å². The molecule has 0 heterocycles. The van der Waals surface area contributed by atoms with Gasteiger partial charge in [0.15, 0.2) is 5.75 Å². The zero-order valence-corrected chi connectivity index (χ0v) is 16.9. The zero-order valence-electron chi connectivity index (χ0n) is 16.1. The third-order valence-corrected chi connectivity index (χ3v) is 5.28. The summed E-state index contributed by atoms with van der Waals surface area (Å²) in [6.07, 6.45) is 1.80. The topological polar surface area (TPSA) is 75.7 Å². The second-order valence-corrected chi connectivity index (χ2v) is 8.84. The highest BCUT2D eigenvalue weighted by molar-refractivity contribution is 7.92. The van der Waals surface area contributed by atoms with Crippen LogP contribution in [0.2, 0.25) is 0 Å². The van der Waals surface area contributed by atoms with E-state index in [0.717, 1.165) is 17.0 Å². The molecule has 0 saturated carbocycles. The maximum Gasteiger partial charge on any atom is 0.241 e. The van der Waals surface area contributed by atoms with E-state index >= 15 is 0 Å². The molecule has 0 spiro atoms. The number of benzene rings is 2. The van der Waals surface area contributed by atoms with Crippen LogP contribution in [0.25, 0.3) is 0 Å². The van der Waals surface area contributed by atoms with E-state index in [2.05, 4.69) is 5.32 Å². The maximum absolute atomic E-state index is 12.5. The van der Waals surface area contributed by atoms with Crippen molar-refractivity contribution in [1.82, 2.24) is 5.32 Å². The van der Waals surface area contributed by atoms with Crippen molar-refractivity contribution < 1.29 is 17.9 Å². The van der Waals surface area contributed by atoms with Gasteiger partial charge in [0.25, 0.3) is 0 Å². The molecule has 0 unspecified atom stereocenters. The van der Waals surface area contributed by atoms with E-state index in [9.17, 15) is 13.2 Å². The van der Waals surface area contributed by atoms with E-state index in [0.29, 0.717) is 17.2 Å². The molecule has 0 aliphatic heterocycles. The van der Waals surface area contributed by atoms with Gasteiger partial charge in [0.2, 0.25) is 15.9 Å². The van der Waals surface area contributed by atoms with Crippen LogP contribution in [0, 0.1) is 0 Å². The monoisotopic (exact) mass is 390 g/mol. The van der Waals surface area contributed by atoms with Crippen LogP contribution in [0.5, 0.6) is 11.5 Å². The normalized spacial score (nSPS) is 11.7. The Kier molecular flexibility index (Phi) is 6.49. The van der Waals surface area contributed by atoms with Crippen molar-refractivity contribution in [3.63, 3.8) is 0 Å². The van der Waals surface area contributed by atoms with E-state index < -0.39 is 15.6 Å². The van der Waals surface area contributed by atoms with E-state index in [-0.39, 0.29) is 12.5 Å². The van der Waals surface area contributed by atoms with Gasteiger partial charge in [-0.25, -0.2) is 8.42 Å². The van der Waals surface area contributed by atoms with Gasteiger partial charge in [-0.1, -0.05) is 37.3 Å². The second-order valence-electron chi connectivity index (χ2n) is 6.94. The summed E-state index contributed by atoms with van der Waals surface area (Å²) in [5, 5.41) is 2.86. The second kappa shape index (κ2) is 8.43. The van der Waals surface area contributed by atoms with Gasteiger partial charge in [-0.15, -0.1) is 0 Å². The van der Waals surface area contributed by atoms with Gasteiger partial charge < -0.3 is 10.1 Å². The Morgan fingerprint density at radius 3 is 2.26 bits per heavy atom. The third-order valence-electron chi connectivity index (χ3n) is 4.15. The fourth-order valence-electron chi connectivity index (χ4n) is 2.38. The predicted molar refractivity (Wildman–Crippen MR) is 108 cm³/mol. The Hall–Kier alpha value is -2.54. The van der Waals surface area contributed by atoms with E-state index in [1.165, 1.54) is 0 Å². The number of anilines is 1. The molecule has 7 heteroatoms. The Balaban J connectivity index is 2.34. The van der Waals surface area contributed by atoms with Crippen LogP contribution in [0.1, 0.15) is 27.2 Å². The van der Waals surface area contributed by atoms with Crippen LogP contribution in [0.15, 0.2) is 54.6 Å². The Morgan fingerprint density at radius 2 is 1.67 bits per heavy atom. The molecule has 0 aliphatic carbocycles. The average molecular weight is 391 g/mol. The smallest absolute Gasteiger partial charge is 0.241 e. The molecule has 146 valence electrons. The van der Waals surface area contributed by atoms with Gasteiger partial charge in [-0.2, -0.15) is 0 Å². The largest absolute Gasteiger partial charge is 0.455 e. The van der Waals surface area contributed by atoms with E-state index in [4.69, 9.17) is 4.74 Å². The standard InChI is InChI=1S/C20H26N2O4S/c1-5-20(2,3)21-19(23)15-22(27(4,24)25)17-13-9-10-14-18(17)26-16-11-7-6-8-12-16/h6-14H,5,15H2,1-4H3,(H,21,23). The van der Waals surface area contributed by atoms with Crippen molar-refractivity contribution in [2.24, 2.45) is 0 Å². The van der Waals surface area contributed by atoms with Crippen LogP contribution in [0.4, 0.5) is 5.69 Å². The SMILES string of the molecule is CCC(C)(C)NC(=O)CN(c1ccccc1Oc1ccccc1)S(C)(=O)=O. The lowest BCUT2D eigenvalue weighted by Gasteiger charge is -2.28. The number of ether oxygens (including phenoxy) is 1. The van der Waals surface area contributed by atoms with Gasteiger partial charge in [0, 0.05) is 5.54 Å². The lowest BCUT2D eigenvalue weighted by molar-refractivity contribution is -0.121. The van der Waals surface area contributed by atoms with Crippen LogP contribution in [-0.4, -0.2) is 32.7 Å². The fourth-order valence-corrected chi connectivity index (χ4v) is 3.24. The highest BCUT2D eigenvalue weighted by Crippen LogP contribution is 2.33. The molecule has 0 aromatic heterocycles. The molecule has 2 aromatic carbocycles. The summed E-state index contributed by atoms with van der Waals surface area (Å²) in [5.41, 5.74) is -0.103. The quantitative estimate of drug-likeness (QED) is 0.748. The molecule has 2 rings (SSSR count). The minimum Gasteiger partial charge on any atom is -0.455 e. The molecule has 0 bridgehead atoms. The molecule has 0 saturated heterocycles. The van der Waals surface area contributed by atoms with E-state index in [1.54, 1.807) is 36.4 Å². The summed E-state index contributed by atoms with van der Waals surface area (Å²) >= 11 is 0. The number of hydrogen-bond donors (Lipinski definition) is 1. The highest BCUT2D eigenvalue weighted by atomic mass is 32.2. The number of rotatable bonds is 8. The number of nitrogens with one attached hydrogen (secondary N) is 1. The highest BCUT2D eigenvalue weighted by Gasteiger charge is 2.26. The number of nitrogens with zero attached hydrogens (tertiary/aromatic N) is 1. The fraction of sp³-hybridized carbons (Fsp3) is 0.350. The molecule has 0 atom stereocenters. The first-order valence-electron chi connectivity index (χ1n) is 8.73. The Labute approximate surface area is 161 Å². The minimum atomic E-state index is -3.70. The molecule has 27 heavy (non-hydrogen) atoms. The molecule has 1 amide bonds. The Bertz CT molecular complexity index is 880.